The Labute approximate surface area is 111 Å². The zero-order chi connectivity index (χ0) is 12.3. The summed E-state index contributed by atoms with van der Waals surface area (Å²) in [5.74, 6) is 0. The molecular weight excluding hydrogens is 250 g/mol. The molecular formula is C13H19NOS2. The van der Waals surface area contributed by atoms with E-state index < -0.39 is 0 Å². The predicted molar refractivity (Wildman–Crippen MR) is 77.2 cm³/mol. The van der Waals surface area contributed by atoms with Crippen molar-refractivity contribution in [2.75, 3.05) is 13.2 Å². The standard InChI is InChI=1S/C13H19NOS2/c1-4-14-10(8-15-9(2)3)12-7-13-11(17-12)5-6-16-13/h5-7,9-10,14H,4,8H2,1-3H3. The van der Waals surface area contributed by atoms with Crippen LogP contribution in [0.25, 0.3) is 9.40 Å². The van der Waals surface area contributed by atoms with Gasteiger partial charge in [-0.1, -0.05) is 6.92 Å². The molecule has 0 saturated heterocycles. The van der Waals surface area contributed by atoms with E-state index >= 15 is 0 Å². The van der Waals surface area contributed by atoms with Gasteiger partial charge in [0.05, 0.1) is 18.8 Å². The van der Waals surface area contributed by atoms with E-state index in [0.717, 1.165) is 13.2 Å². The zero-order valence-corrected chi connectivity index (χ0v) is 12.2. The van der Waals surface area contributed by atoms with E-state index in [-0.39, 0.29) is 6.10 Å². The van der Waals surface area contributed by atoms with Crippen LogP contribution in [-0.4, -0.2) is 19.3 Å². The second-order valence-corrected chi connectivity index (χ2v) is 6.35. The minimum Gasteiger partial charge on any atom is -0.377 e. The Morgan fingerprint density at radius 1 is 1.35 bits per heavy atom. The van der Waals surface area contributed by atoms with E-state index in [1.54, 1.807) is 0 Å². The maximum atomic E-state index is 5.73. The van der Waals surface area contributed by atoms with Crippen LogP contribution in [0.4, 0.5) is 0 Å². The van der Waals surface area contributed by atoms with Crippen molar-refractivity contribution >= 4 is 32.1 Å². The Balaban J connectivity index is 2.11. The maximum absolute atomic E-state index is 5.73. The van der Waals surface area contributed by atoms with Crippen molar-refractivity contribution in [2.45, 2.75) is 32.9 Å². The summed E-state index contributed by atoms with van der Waals surface area (Å²) in [5.41, 5.74) is 0. The lowest BCUT2D eigenvalue weighted by molar-refractivity contribution is 0.0621. The quantitative estimate of drug-likeness (QED) is 0.854. The summed E-state index contributed by atoms with van der Waals surface area (Å²) in [6.07, 6.45) is 0.289. The van der Waals surface area contributed by atoms with E-state index in [4.69, 9.17) is 4.74 Å². The summed E-state index contributed by atoms with van der Waals surface area (Å²) in [7, 11) is 0. The van der Waals surface area contributed by atoms with E-state index in [1.165, 1.54) is 14.3 Å². The van der Waals surface area contributed by atoms with Crippen molar-refractivity contribution in [1.82, 2.24) is 5.32 Å². The summed E-state index contributed by atoms with van der Waals surface area (Å²) < 4.78 is 8.50. The molecule has 0 aromatic carbocycles. The molecule has 0 amide bonds. The number of thiophene rings is 2. The summed E-state index contributed by atoms with van der Waals surface area (Å²) in [6.45, 7) is 8.02. The van der Waals surface area contributed by atoms with Crippen LogP contribution in [-0.2, 0) is 4.74 Å². The van der Waals surface area contributed by atoms with E-state index in [1.807, 2.05) is 22.7 Å². The predicted octanol–water partition coefficient (Wildman–Crippen LogP) is 4.04. The third kappa shape index (κ3) is 3.28. The van der Waals surface area contributed by atoms with Gasteiger partial charge in [0.25, 0.3) is 0 Å². The van der Waals surface area contributed by atoms with Crippen molar-refractivity contribution in [2.24, 2.45) is 0 Å². The topological polar surface area (TPSA) is 21.3 Å². The maximum Gasteiger partial charge on any atom is 0.0672 e. The van der Waals surface area contributed by atoms with Crippen LogP contribution in [0.3, 0.4) is 0 Å². The number of ether oxygens (including phenoxy) is 1. The largest absolute Gasteiger partial charge is 0.377 e. The molecule has 17 heavy (non-hydrogen) atoms. The molecule has 0 saturated carbocycles. The van der Waals surface area contributed by atoms with Gasteiger partial charge in [-0.2, -0.15) is 0 Å². The fourth-order valence-corrected chi connectivity index (χ4v) is 3.91. The molecule has 2 rings (SSSR count). The van der Waals surface area contributed by atoms with Crippen LogP contribution >= 0.6 is 22.7 Å². The van der Waals surface area contributed by atoms with Crippen LogP contribution in [0.1, 0.15) is 31.7 Å². The van der Waals surface area contributed by atoms with E-state index in [0.29, 0.717) is 6.04 Å². The van der Waals surface area contributed by atoms with Gasteiger partial charge in [0.1, 0.15) is 0 Å². The molecule has 0 aliphatic rings. The van der Waals surface area contributed by atoms with Gasteiger partial charge in [0.2, 0.25) is 0 Å². The Hall–Kier alpha value is -0.420. The highest BCUT2D eigenvalue weighted by atomic mass is 32.1. The van der Waals surface area contributed by atoms with Gasteiger partial charge in [-0.05, 0) is 37.9 Å². The average Bonchev–Trinajstić information content (AvgIpc) is 2.83. The lowest BCUT2D eigenvalue weighted by Gasteiger charge is -2.18. The average molecular weight is 269 g/mol. The van der Waals surface area contributed by atoms with Crippen molar-refractivity contribution in [1.29, 1.82) is 0 Å². The summed E-state index contributed by atoms with van der Waals surface area (Å²) in [5, 5.41) is 5.65. The fraction of sp³-hybridized carbons (Fsp3) is 0.538. The molecule has 0 aliphatic heterocycles. The molecule has 1 N–H and O–H groups in total. The van der Waals surface area contributed by atoms with Gasteiger partial charge in [0, 0.05) is 14.3 Å². The smallest absolute Gasteiger partial charge is 0.0672 e. The first-order valence-electron chi connectivity index (χ1n) is 6.02. The zero-order valence-electron chi connectivity index (χ0n) is 10.5. The molecule has 2 aromatic rings. The lowest BCUT2D eigenvalue weighted by Crippen LogP contribution is -2.25. The number of nitrogens with one attached hydrogen (secondary N) is 1. The van der Waals surface area contributed by atoms with Crippen LogP contribution in [0.2, 0.25) is 0 Å². The van der Waals surface area contributed by atoms with Gasteiger partial charge in [-0.3, -0.25) is 0 Å². The Bertz CT molecular complexity index is 432. The molecule has 0 bridgehead atoms. The monoisotopic (exact) mass is 269 g/mol. The van der Waals surface area contributed by atoms with Gasteiger partial charge >= 0.3 is 0 Å². The number of hydrogen-bond acceptors (Lipinski definition) is 4. The minimum absolute atomic E-state index is 0.289. The first-order chi connectivity index (χ1) is 8.20. The summed E-state index contributed by atoms with van der Waals surface area (Å²) in [4.78, 5) is 1.38. The highest BCUT2D eigenvalue weighted by Gasteiger charge is 2.14. The van der Waals surface area contributed by atoms with Crippen molar-refractivity contribution in [3.63, 3.8) is 0 Å². The minimum atomic E-state index is 0.289. The molecule has 1 unspecified atom stereocenters. The van der Waals surface area contributed by atoms with Crippen LogP contribution in [0.5, 0.6) is 0 Å². The van der Waals surface area contributed by atoms with Crippen molar-refractivity contribution < 1.29 is 4.74 Å². The highest BCUT2D eigenvalue weighted by molar-refractivity contribution is 7.26. The first-order valence-corrected chi connectivity index (χ1v) is 7.72. The Morgan fingerprint density at radius 2 is 2.18 bits per heavy atom. The third-order valence-electron chi connectivity index (χ3n) is 2.55. The molecule has 0 spiro atoms. The second-order valence-electron chi connectivity index (χ2n) is 4.29. The van der Waals surface area contributed by atoms with Crippen LogP contribution in [0, 0.1) is 0 Å². The molecule has 1 atom stereocenters. The number of rotatable bonds is 6. The third-order valence-corrected chi connectivity index (χ3v) is 4.76. The number of fused-ring (bicyclic) bond motifs is 1. The van der Waals surface area contributed by atoms with Gasteiger partial charge in [-0.25, -0.2) is 0 Å². The van der Waals surface area contributed by atoms with E-state index in [9.17, 15) is 0 Å². The Kier molecular flexibility index (Phi) is 4.56. The van der Waals surface area contributed by atoms with Crippen LogP contribution < -0.4 is 5.32 Å². The van der Waals surface area contributed by atoms with Gasteiger partial charge in [0.15, 0.2) is 0 Å². The number of hydrogen-bond donors (Lipinski definition) is 1. The molecule has 2 aromatic heterocycles. The second kappa shape index (κ2) is 5.96. The normalized spacial score (nSPS) is 13.6. The Morgan fingerprint density at radius 3 is 2.82 bits per heavy atom. The van der Waals surface area contributed by atoms with Crippen molar-refractivity contribution in [3.8, 4) is 0 Å². The summed E-state index contributed by atoms with van der Waals surface area (Å²) in [6, 6.07) is 4.81. The first kappa shape index (κ1) is 13.0. The highest BCUT2D eigenvalue weighted by Crippen LogP contribution is 2.33. The molecule has 4 heteroatoms. The molecule has 2 nitrogen and oxygen atoms in total. The molecule has 0 aliphatic carbocycles. The van der Waals surface area contributed by atoms with Crippen LogP contribution in [0.15, 0.2) is 17.5 Å². The molecule has 0 radical (unpaired) electrons. The van der Waals surface area contributed by atoms with E-state index in [2.05, 4.69) is 43.6 Å². The molecule has 0 fully saturated rings. The lowest BCUT2D eigenvalue weighted by atomic mass is 10.2. The summed E-state index contributed by atoms with van der Waals surface area (Å²) >= 11 is 3.68. The molecule has 94 valence electrons. The van der Waals surface area contributed by atoms with Crippen molar-refractivity contribution in [3.05, 3.63) is 22.4 Å². The SMILES string of the molecule is CCNC(COC(C)C)c1cc2sccc2s1. The molecule has 2 heterocycles. The van der Waals surface area contributed by atoms with Gasteiger partial charge < -0.3 is 10.1 Å². The number of likely N-dealkylation sites (N-methyl/N-ethyl adjacent to an activating group) is 1. The van der Waals surface area contributed by atoms with Gasteiger partial charge in [-0.15, -0.1) is 22.7 Å². The fourth-order valence-electron chi connectivity index (χ4n) is 1.73.